The van der Waals surface area contributed by atoms with E-state index in [0.717, 1.165) is 17.7 Å². The minimum atomic E-state index is -0.348. The molecule has 1 aromatic carbocycles. The van der Waals surface area contributed by atoms with Crippen molar-refractivity contribution in [1.82, 2.24) is 9.78 Å². The standard InChI is InChI=1S/C15H16FN3O2/c1-9-3-4-10(7-12(9)16)17-15(20)14-11-8-21-6-5-13(11)19(2)18-14/h3-4,7H,5-6,8H2,1-2H3,(H,17,20). The van der Waals surface area contributed by atoms with E-state index in [1.54, 1.807) is 23.7 Å². The average molecular weight is 289 g/mol. The molecule has 2 aromatic rings. The topological polar surface area (TPSA) is 56.2 Å². The van der Waals surface area contributed by atoms with Gasteiger partial charge in [-0.15, -0.1) is 0 Å². The van der Waals surface area contributed by atoms with E-state index in [9.17, 15) is 9.18 Å². The second-order valence-corrected chi connectivity index (χ2v) is 5.12. The summed E-state index contributed by atoms with van der Waals surface area (Å²) in [6, 6.07) is 4.60. The van der Waals surface area contributed by atoms with Gasteiger partial charge in [0, 0.05) is 30.4 Å². The lowest BCUT2D eigenvalue weighted by Crippen LogP contribution is -2.17. The van der Waals surface area contributed by atoms with Crippen molar-refractivity contribution in [2.45, 2.75) is 20.0 Å². The summed E-state index contributed by atoms with van der Waals surface area (Å²) in [4.78, 5) is 12.3. The van der Waals surface area contributed by atoms with Gasteiger partial charge in [0.05, 0.1) is 13.2 Å². The van der Waals surface area contributed by atoms with Crippen LogP contribution in [0.25, 0.3) is 0 Å². The van der Waals surface area contributed by atoms with E-state index < -0.39 is 0 Å². The van der Waals surface area contributed by atoms with E-state index >= 15 is 0 Å². The van der Waals surface area contributed by atoms with Gasteiger partial charge in [0.2, 0.25) is 0 Å². The van der Waals surface area contributed by atoms with Crippen molar-refractivity contribution < 1.29 is 13.9 Å². The molecule has 0 aliphatic carbocycles. The van der Waals surface area contributed by atoms with Gasteiger partial charge < -0.3 is 10.1 Å². The molecule has 0 radical (unpaired) electrons. The molecule has 1 aromatic heterocycles. The van der Waals surface area contributed by atoms with E-state index in [2.05, 4.69) is 10.4 Å². The Hall–Kier alpha value is -2.21. The highest BCUT2D eigenvalue weighted by Crippen LogP contribution is 2.21. The molecular weight excluding hydrogens is 273 g/mol. The summed E-state index contributed by atoms with van der Waals surface area (Å²) in [5, 5.41) is 6.94. The predicted molar refractivity (Wildman–Crippen MR) is 75.7 cm³/mol. The number of carbonyl (C=O) groups is 1. The van der Waals surface area contributed by atoms with Crippen molar-refractivity contribution >= 4 is 11.6 Å². The first-order chi connectivity index (χ1) is 10.1. The van der Waals surface area contributed by atoms with Crippen LogP contribution >= 0.6 is 0 Å². The molecule has 6 heteroatoms. The smallest absolute Gasteiger partial charge is 0.276 e. The van der Waals surface area contributed by atoms with Gasteiger partial charge >= 0.3 is 0 Å². The Labute approximate surface area is 121 Å². The van der Waals surface area contributed by atoms with E-state index in [-0.39, 0.29) is 11.7 Å². The Bertz CT molecular complexity index is 709. The summed E-state index contributed by atoms with van der Waals surface area (Å²) in [5.41, 5.74) is 3.12. The predicted octanol–water partition coefficient (Wildman–Crippen LogP) is 2.19. The fourth-order valence-corrected chi connectivity index (χ4v) is 2.45. The van der Waals surface area contributed by atoms with Crippen molar-refractivity contribution in [3.8, 4) is 0 Å². The lowest BCUT2D eigenvalue weighted by molar-refractivity contribution is 0.0984. The average Bonchev–Trinajstić information content (AvgIpc) is 2.81. The normalized spacial score (nSPS) is 13.9. The number of nitrogens with one attached hydrogen (secondary N) is 1. The van der Waals surface area contributed by atoms with Gasteiger partial charge in [-0.1, -0.05) is 6.07 Å². The fraction of sp³-hybridized carbons (Fsp3) is 0.333. The SMILES string of the molecule is Cc1ccc(NC(=O)c2nn(C)c3c2COCC3)cc1F. The Morgan fingerprint density at radius 3 is 3.05 bits per heavy atom. The van der Waals surface area contributed by atoms with Gasteiger partial charge in [0.15, 0.2) is 5.69 Å². The van der Waals surface area contributed by atoms with Crippen LogP contribution in [0.3, 0.4) is 0 Å². The number of aryl methyl sites for hydroxylation is 2. The van der Waals surface area contributed by atoms with Gasteiger partial charge in [0.1, 0.15) is 5.82 Å². The van der Waals surface area contributed by atoms with Crippen LogP contribution in [0, 0.1) is 12.7 Å². The van der Waals surface area contributed by atoms with E-state index in [1.165, 1.54) is 6.07 Å². The largest absolute Gasteiger partial charge is 0.376 e. The summed E-state index contributed by atoms with van der Waals surface area (Å²) >= 11 is 0. The van der Waals surface area contributed by atoms with Crippen LogP contribution in [0.4, 0.5) is 10.1 Å². The highest BCUT2D eigenvalue weighted by atomic mass is 19.1. The van der Waals surface area contributed by atoms with Crippen molar-refractivity contribution in [1.29, 1.82) is 0 Å². The number of halogens is 1. The van der Waals surface area contributed by atoms with Crippen molar-refractivity contribution in [3.63, 3.8) is 0 Å². The molecule has 110 valence electrons. The molecule has 0 unspecified atom stereocenters. The van der Waals surface area contributed by atoms with E-state index in [4.69, 9.17) is 4.74 Å². The third-order valence-electron chi connectivity index (χ3n) is 3.65. The number of hydrogen-bond donors (Lipinski definition) is 1. The summed E-state index contributed by atoms with van der Waals surface area (Å²) in [6.07, 6.45) is 0.741. The van der Waals surface area contributed by atoms with Gasteiger partial charge in [-0.05, 0) is 24.6 Å². The summed E-state index contributed by atoms with van der Waals surface area (Å²) in [5.74, 6) is -0.695. The van der Waals surface area contributed by atoms with Gasteiger partial charge in [0.25, 0.3) is 5.91 Å². The Balaban J connectivity index is 1.87. The molecule has 5 nitrogen and oxygen atoms in total. The number of rotatable bonds is 2. The van der Waals surface area contributed by atoms with E-state index in [0.29, 0.717) is 30.2 Å². The number of carbonyl (C=O) groups excluding carboxylic acids is 1. The van der Waals surface area contributed by atoms with Gasteiger partial charge in [-0.2, -0.15) is 5.10 Å². The molecule has 3 rings (SSSR count). The molecule has 0 saturated carbocycles. The Morgan fingerprint density at radius 1 is 1.48 bits per heavy atom. The minimum Gasteiger partial charge on any atom is -0.376 e. The van der Waals surface area contributed by atoms with Crippen molar-refractivity contribution in [2.24, 2.45) is 7.05 Å². The maximum absolute atomic E-state index is 13.5. The third-order valence-corrected chi connectivity index (χ3v) is 3.65. The highest BCUT2D eigenvalue weighted by Gasteiger charge is 2.24. The number of anilines is 1. The second kappa shape index (κ2) is 5.29. The van der Waals surface area contributed by atoms with Crippen LogP contribution in [0.15, 0.2) is 18.2 Å². The Morgan fingerprint density at radius 2 is 2.29 bits per heavy atom. The minimum absolute atomic E-state index is 0.341. The number of benzene rings is 1. The molecule has 0 spiro atoms. The second-order valence-electron chi connectivity index (χ2n) is 5.12. The van der Waals surface area contributed by atoms with Crippen LogP contribution in [0.2, 0.25) is 0 Å². The van der Waals surface area contributed by atoms with Crippen LogP contribution in [-0.2, 0) is 24.8 Å². The van der Waals surface area contributed by atoms with Gasteiger partial charge in [-0.3, -0.25) is 9.48 Å². The first kappa shape index (κ1) is 13.8. The lowest BCUT2D eigenvalue weighted by Gasteiger charge is -2.13. The molecule has 2 heterocycles. The lowest BCUT2D eigenvalue weighted by atomic mass is 10.1. The van der Waals surface area contributed by atoms with Crippen LogP contribution in [0.1, 0.15) is 27.3 Å². The maximum Gasteiger partial charge on any atom is 0.276 e. The van der Waals surface area contributed by atoms with Crippen LogP contribution < -0.4 is 5.32 Å². The number of ether oxygens (including phenoxy) is 1. The summed E-state index contributed by atoms with van der Waals surface area (Å²) < 4.78 is 20.6. The molecule has 0 saturated heterocycles. The molecule has 1 aliphatic heterocycles. The molecule has 0 atom stereocenters. The van der Waals surface area contributed by atoms with Gasteiger partial charge in [-0.25, -0.2) is 4.39 Å². The zero-order valence-corrected chi connectivity index (χ0v) is 11.9. The molecule has 0 bridgehead atoms. The fourth-order valence-electron chi connectivity index (χ4n) is 2.45. The number of fused-ring (bicyclic) bond motifs is 1. The molecule has 0 fully saturated rings. The molecule has 21 heavy (non-hydrogen) atoms. The summed E-state index contributed by atoms with van der Waals surface area (Å²) in [6.45, 7) is 2.69. The van der Waals surface area contributed by atoms with Crippen LogP contribution in [-0.4, -0.2) is 22.3 Å². The monoisotopic (exact) mass is 289 g/mol. The van der Waals surface area contributed by atoms with Crippen LogP contribution in [0.5, 0.6) is 0 Å². The number of nitrogens with zero attached hydrogens (tertiary/aromatic N) is 2. The molecular formula is C15H16FN3O2. The molecule has 1 amide bonds. The molecule has 1 aliphatic rings. The highest BCUT2D eigenvalue weighted by molar-refractivity contribution is 6.04. The zero-order chi connectivity index (χ0) is 15.0. The molecule has 1 N–H and O–H groups in total. The first-order valence-corrected chi connectivity index (χ1v) is 6.76. The zero-order valence-electron chi connectivity index (χ0n) is 11.9. The Kier molecular flexibility index (Phi) is 3.47. The van der Waals surface area contributed by atoms with Crippen molar-refractivity contribution in [2.75, 3.05) is 11.9 Å². The summed E-state index contributed by atoms with van der Waals surface area (Å²) in [7, 11) is 1.81. The first-order valence-electron chi connectivity index (χ1n) is 6.76. The van der Waals surface area contributed by atoms with E-state index in [1.807, 2.05) is 7.05 Å². The third kappa shape index (κ3) is 2.54. The van der Waals surface area contributed by atoms with Crippen molar-refractivity contribution in [3.05, 3.63) is 46.5 Å². The maximum atomic E-state index is 13.5. The quantitative estimate of drug-likeness (QED) is 0.922. The number of hydrogen-bond acceptors (Lipinski definition) is 3. The number of amides is 1. The number of aromatic nitrogens is 2.